The zero-order valence-corrected chi connectivity index (χ0v) is 14.8. The van der Waals surface area contributed by atoms with E-state index in [2.05, 4.69) is 83.4 Å². The van der Waals surface area contributed by atoms with Crippen molar-refractivity contribution in [1.82, 2.24) is 4.57 Å². The van der Waals surface area contributed by atoms with Gasteiger partial charge in [-0.05, 0) is 53.6 Å². The smallest absolute Gasteiger partial charge is 0.0541 e. The molecule has 4 aromatic carbocycles. The molecule has 0 atom stereocenters. The van der Waals surface area contributed by atoms with Crippen LogP contribution in [0.2, 0.25) is 5.02 Å². The van der Waals surface area contributed by atoms with Gasteiger partial charge in [0.25, 0.3) is 0 Å². The van der Waals surface area contributed by atoms with Crippen molar-refractivity contribution in [3.05, 3.63) is 102 Å². The van der Waals surface area contributed by atoms with Gasteiger partial charge >= 0.3 is 0 Å². The fraction of sp³-hybridized carbons (Fsp3) is 0. The molecule has 26 heavy (non-hydrogen) atoms. The van der Waals surface area contributed by atoms with Crippen molar-refractivity contribution in [1.29, 1.82) is 0 Å². The molecule has 124 valence electrons. The number of fused-ring (bicyclic) bond motifs is 3. The van der Waals surface area contributed by atoms with Crippen molar-refractivity contribution in [3.8, 4) is 16.8 Å². The summed E-state index contributed by atoms with van der Waals surface area (Å²) in [5.41, 5.74) is 5.92. The van der Waals surface area contributed by atoms with Crippen LogP contribution in [-0.4, -0.2) is 4.57 Å². The van der Waals surface area contributed by atoms with Crippen molar-refractivity contribution < 1.29 is 0 Å². The lowest BCUT2D eigenvalue weighted by Crippen LogP contribution is -1.92. The molecule has 0 aliphatic rings. The Morgan fingerprint density at radius 3 is 2.12 bits per heavy atom. The molecule has 5 rings (SSSR count). The number of benzene rings is 4. The molecular formula is C24H16ClN. The highest BCUT2D eigenvalue weighted by Crippen LogP contribution is 2.35. The first-order valence-electron chi connectivity index (χ1n) is 8.66. The maximum Gasteiger partial charge on any atom is 0.0541 e. The monoisotopic (exact) mass is 353 g/mol. The topological polar surface area (TPSA) is 4.93 Å². The first-order valence-corrected chi connectivity index (χ1v) is 9.04. The lowest BCUT2D eigenvalue weighted by molar-refractivity contribution is 1.18. The fourth-order valence-electron chi connectivity index (χ4n) is 3.68. The molecule has 5 aromatic rings. The standard InChI is InChI=1S/C24H16ClN/c25-19-8-6-7-17(15-19)18-13-14-24-22(16-18)21-11-4-5-12-23(21)26(24)20-9-2-1-3-10-20/h1-16H. The molecule has 0 saturated heterocycles. The molecule has 0 unspecified atom stereocenters. The highest BCUT2D eigenvalue weighted by Gasteiger charge is 2.12. The van der Waals surface area contributed by atoms with E-state index in [0.29, 0.717) is 0 Å². The molecule has 0 radical (unpaired) electrons. The third-order valence-corrected chi connectivity index (χ3v) is 5.08. The zero-order valence-electron chi connectivity index (χ0n) is 14.1. The van der Waals surface area contributed by atoms with Gasteiger partial charge in [0.1, 0.15) is 0 Å². The minimum Gasteiger partial charge on any atom is -0.309 e. The van der Waals surface area contributed by atoms with Gasteiger partial charge in [-0.15, -0.1) is 0 Å². The van der Waals surface area contributed by atoms with Crippen LogP contribution < -0.4 is 0 Å². The van der Waals surface area contributed by atoms with Gasteiger partial charge < -0.3 is 4.57 Å². The summed E-state index contributed by atoms with van der Waals surface area (Å²) in [6.07, 6.45) is 0. The summed E-state index contributed by atoms with van der Waals surface area (Å²) in [7, 11) is 0. The first kappa shape index (κ1) is 15.2. The Hall–Kier alpha value is -3.03. The summed E-state index contributed by atoms with van der Waals surface area (Å²) in [5, 5.41) is 3.27. The summed E-state index contributed by atoms with van der Waals surface area (Å²) >= 11 is 6.19. The second-order valence-corrected chi connectivity index (χ2v) is 6.87. The number of rotatable bonds is 2. The molecular weight excluding hydrogens is 338 g/mol. The van der Waals surface area contributed by atoms with Gasteiger partial charge in [0, 0.05) is 21.5 Å². The summed E-state index contributed by atoms with van der Waals surface area (Å²) in [6, 6.07) is 33.7. The number of hydrogen-bond donors (Lipinski definition) is 0. The Balaban J connectivity index is 1.84. The number of aromatic nitrogens is 1. The Bertz CT molecular complexity index is 1240. The molecule has 0 saturated carbocycles. The Morgan fingerprint density at radius 2 is 1.27 bits per heavy atom. The second-order valence-electron chi connectivity index (χ2n) is 6.43. The van der Waals surface area contributed by atoms with Crippen molar-refractivity contribution in [2.45, 2.75) is 0 Å². The molecule has 0 amide bonds. The number of para-hydroxylation sites is 2. The van der Waals surface area contributed by atoms with Gasteiger partial charge in [0.05, 0.1) is 11.0 Å². The summed E-state index contributed by atoms with van der Waals surface area (Å²) in [4.78, 5) is 0. The maximum atomic E-state index is 6.19. The molecule has 1 aromatic heterocycles. The lowest BCUT2D eigenvalue weighted by Gasteiger charge is -2.08. The maximum absolute atomic E-state index is 6.19. The molecule has 0 fully saturated rings. The van der Waals surface area contributed by atoms with Crippen molar-refractivity contribution >= 4 is 33.4 Å². The first-order chi connectivity index (χ1) is 12.8. The van der Waals surface area contributed by atoms with Crippen LogP contribution in [0.25, 0.3) is 38.6 Å². The zero-order chi connectivity index (χ0) is 17.5. The van der Waals surface area contributed by atoms with E-state index in [1.54, 1.807) is 0 Å². The highest BCUT2D eigenvalue weighted by atomic mass is 35.5. The number of halogens is 1. The van der Waals surface area contributed by atoms with E-state index in [1.165, 1.54) is 33.1 Å². The van der Waals surface area contributed by atoms with E-state index in [0.717, 1.165) is 10.6 Å². The normalized spacial score (nSPS) is 11.3. The van der Waals surface area contributed by atoms with Crippen molar-refractivity contribution in [2.24, 2.45) is 0 Å². The molecule has 0 aliphatic heterocycles. The minimum atomic E-state index is 0.759. The lowest BCUT2D eigenvalue weighted by atomic mass is 10.0. The SMILES string of the molecule is Clc1cccc(-c2ccc3c(c2)c2ccccc2n3-c2ccccc2)c1. The fourth-order valence-corrected chi connectivity index (χ4v) is 3.87. The van der Waals surface area contributed by atoms with Crippen LogP contribution in [0.3, 0.4) is 0 Å². The number of nitrogens with zero attached hydrogens (tertiary/aromatic N) is 1. The Labute approximate surface area is 157 Å². The predicted octanol–water partition coefficient (Wildman–Crippen LogP) is 7.10. The van der Waals surface area contributed by atoms with Gasteiger partial charge in [-0.1, -0.05) is 66.2 Å². The van der Waals surface area contributed by atoms with Gasteiger partial charge in [0.2, 0.25) is 0 Å². The van der Waals surface area contributed by atoms with Gasteiger partial charge in [0.15, 0.2) is 0 Å². The van der Waals surface area contributed by atoms with Crippen LogP contribution in [0.15, 0.2) is 97.1 Å². The van der Waals surface area contributed by atoms with Crippen molar-refractivity contribution in [3.63, 3.8) is 0 Å². The largest absolute Gasteiger partial charge is 0.309 e. The Kier molecular flexibility index (Phi) is 3.55. The van der Waals surface area contributed by atoms with Gasteiger partial charge in [-0.25, -0.2) is 0 Å². The average Bonchev–Trinajstić information content (AvgIpc) is 3.02. The van der Waals surface area contributed by atoms with Gasteiger partial charge in [-0.3, -0.25) is 0 Å². The van der Waals surface area contributed by atoms with Crippen LogP contribution in [0.4, 0.5) is 0 Å². The average molecular weight is 354 g/mol. The Morgan fingerprint density at radius 1 is 0.538 bits per heavy atom. The van der Waals surface area contributed by atoms with E-state index in [1.807, 2.05) is 18.2 Å². The van der Waals surface area contributed by atoms with E-state index >= 15 is 0 Å². The predicted molar refractivity (Wildman–Crippen MR) is 111 cm³/mol. The van der Waals surface area contributed by atoms with E-state index in [-0.39, 0.29) is 0 Å². The van der Waals surface area contributed by atoms with E-state index < -0.39 is 0 Å². The molecule has 0 spiro atoms. The minimum absolute atomic E-state index is 0.759. The molecule has 1 heterocycles. The van der Waals surface area contributed by atoms with Crippen LogP contribution in [0.5, 0.6) is 0 Å². The van der Waals surface area contributed by atoms with Crippen molar-refractivity contribution in [2.75, 3.05) is 0 Å². The molecule has 0 bridgehead atoms. The molecule has 0 aliphatic carbocycles. The second kappa shape index (κ2) is 6.05. The van der Waals surface area contributed by atoms with Crippen LogP contribution >= 0.6 is 11.6 Å². The summed E-state index contributed by atoms with van der Waals surface area (Å²) < 4.78 is 2.33. The molecule has 1 nitrogen and oxygen atoms in total. The quantitative estimate of drug-likeness (QED) is 0.319. The van der Waals surface area contributed by atoms with Crippen LogP contribution in [-0.2, 0) is 0 Å². The third-order valence-electron chi connectivity index (χ3n) is 4.84. The highest BCUT2D eigenvalue weighted by molar-refractivity contribution is 6.30. The summed E-state index contributed by atoms with van der Waals surface area (Å²) in [6.45, 7) is 0. The third kappa shape index (κ3) is 2.40. The van der Waals surface area contributed by atoms with E-state index in [4.69, 9.17) is 11.6 Å². The number of hydrogen-bond acceptors (Lipinski definition) is 0. The van der Waals surface area contributed by atoms with E-state index in [9.17, 15) is 0 Å². The van der Waals surface area contributed by atoms with Crippen LogP contribution in [0.1, 0.15) is 0 Å². The molecule has 2 heteroatoms. The summed E-state index contributed by atoms with van der Waals surface area (Å²) in [5.74, 6) is 0. The van der Waals surface area contributed by atoms with Gasteiger partial charge in [-0.2, -0.15) is 0 Å². The van der Waals surface area contributed by atoms with Crippen LogP contribution in [0, 0.1) is 0 Å². The molecule has 0 N–H and O–H groups in total.